The van der Waals surface area contributed by atoms with E-state index in [9.17, 15) is 9.59 Å². The lowest BCUT2D eigenvalue weighted by atomic mass is 9.88. The van der Waals surface area contributed by atoms with Crippen LogP contribution >= 0.6 is 11.3 Å². The number of hydrogen-bond donors (Lipinski definition) is 2. The number of amides is 2. The summed E-state index contributed by atoms with van der Waals surface area (Å²) in [7, 11) is 1.85. The van der Waals surface area contributed by atoms with Crippen LogP contribution in [-0.4, -0.2) is 28.8 Å². The summed E-state index contributed by atoms with van der Waals surface area (Å²) in [6.45, 7) is 0. The van der Waals surface area contributed by atoms with Crippen molar-refractivity contribution in [2.24, 2.45) is 5.92 Å². The Morgan fingerprint density at radius 1 is 1.03 bits per heavy atom. The summed E-state index contributed by atoms with van der Waals surface area (Å²) in [5.41, 5.74) is 2.78. The van der Waals surface area contributed by atoms with Crippen LogP contribution in [-0.2, 0) is 4.79 Å². The van der Waals surface area contributed by atoms with E-state index in [1.165, 1.54) is 17.8 Å². The predicted molar refractivity (Wildman–Crippen MR) is 134 cm³/mol. The first-order chi connectivity index (χ1) is 16.1. The number of hydrogen-bond acceptors (Lipinski definition) is 4. The Labute approximate surface area is 196 Å². The molecular formula is C26H26N4O2S. The molecule has 33 heavy (non-hydrogen) atoms. The number of pyridine rings is 1. The zero-order valence-corrected chi connectivity index (χ0v) is 19.3. The Kier molecular flexibility index (Phi) is 5.96. The molecule has 5 rings (SSSR count). The molecule has 7 heteroatoms. The van der Waals surface area contributed by atoms with E-state index < -0.39 is 0 Å². The average Bonchev–Trinajstić information content (AvgIpc) is 3.51. The van der Waals surface area contributed by atoms with Gasteiger partial charge in [-0.15, -0.1) is 11.3 Å². The summed E-state index contributed by atoms with van der Waals surface area (Å²) in [5.74, 6) is 0.793. The van der Waals surface area contributed by atoms with Crippen molar-refractivity contribution in [2.45, 2.75) is 32.1 Å². The van der Waals surface area contributed by atoms with Crippen LogP contribution < -0.4 is 10.2 Å². The smallest absolute Gasteiger partial charge is 0.266 e. The molecule has 0 saturated heterocycles. The first kappa shape index (κ1) is 21.4. The van der Waals surface area contributed by atoms with Crippen molar-refractivity contribution < 1.29 is 9.59 Å². The Balaban J connectivity index is 1.30. The lowest BCUT2D eigenvalue weighted by Gasteiger charge is -2.26. The molecule has 0 spiro atoms. The third-order valence-corrected chi connectivity index (χ3v) is 7.45. The molecule has 168 valence electrons. The highest BCUT2D eigenvalue weighted by atomic mass is 32.1. The molecule has 4 aromatic rings. The molecule has 2 N–H and O–H groups in total. The Hall–Kier alpha value is -3.45. The summed E-state index contributed by atoms with van der Waals surface area (Å²) < 4.78 is 0. The van der Waals surface area contributed by atoms with Crippen molar-refractivity contribution in [3.63, 3.8) is 0 Å². The molecule has 0 radical (unpaired) electrons. The molecule has 0 bridgehead atoms. The van der Waals surface area contributed by atoms with Gasteiger partial charge in [-0.1, -0.05) is 25.3 Å². The van der Waals surface area contributed by atoms with E-state index in [-0.39, 0.29) is 17.7 Å². The van der Waals surface area contributed by atoms with Crippen molar-refractivity contribution in [2.75, 3.05) is 17.3 Å². The fourth-order valence-corrected chi connectivity index (χ4v) is 5.36. The second-order valence-corrected chi connectivity index (χ2v) is 9.62. The molecule has 0 atom stereocenters. The van der Waals surface area contributed by atoms with Crippen LogP contribution in [0.2, 0.25) is 0 Å². The zero-order valence-electron chi connectivity index (χ0n) is 18.5. The fourth-order valence-electron chi connectivity index (χ4n) is 4.46. The lowest BCUT2D eigenvalue weighted by Crippen LogP contribution is -2.33. The van der Waals surface area contributed by atoms with Crippen LogP contribution in [0.25, 0.3) is 21.3 Å². The summed E-state index contributed by atoms with van der Waals surface area (Å²) >= 11 is 1.45. The van der Waals surface area contributed by atoms with Gasteiger partial charge in [-0.3, -0.25) is 14.6 Å². The van der Waals surface area contributed by atoms with E-state index >= 15 is 0 Å². The summed E-state index contributed by atoms with van der Waals surface area (Å²) in [6.07, 6.45) is 8.95. The molecule has 1 aliphatic rings. The summed E-state index contributed by atoms with van der Waals surface area (Å²) in [4.78, 5) is 36.4. The van der Waals surface area contributed by atoms with Crippen molar-refractivity contribution in [1.29, 1.82) is 0 Å². The normalized spacial score (nSPS) is 14.3. The van der Waals surface area contributed by atoms with Gasteiger partial charge in [0.15, 0.2) is 0 Å². The van der Waals surface area contributed by atoms with Gasteiger partial charge in [-0.2, -0.15) is 0 Å². The molecule has 3 heterocycles. The third-order valence-electron chi connectivity index (χ3n) is 6.32. The second kappa shape index (κ2) is 9.19. The van der Waals surface area contributed by atoms with Crippen LogP contribution in [0.1, 0.15) is 41.8 Å². The van der Waals surface area contributed by atoms with Crippen LogP contribution in [0.4, 0.5) is 11.5 Å². The number of benzene rings is 1. The molecule has 1 aliphatic carbocycles. The summed E-state index contributed by atoms with van der Waals surface area (Å²) in [6, 6.07) is 15.5. The van der Waals surface area contributed by atoms with Crippen LogP contribution in [0.3, 0.4) is 0 Å². The van der Waals surface area contributed by atoms with Gasteiger partial charge in [0, 0.05) is 46.8 Å². The van der Waals surface area contributed by atoms with Gasteiger partial charge < -0.3 is 15.2 Å². The fraction of sp³-hybridized carbons (Fsp3) is 0.269. The molecule has 6 nitrogen and oxygen atoms in total. The van der Waals surface area contributed by atoms with Crippen molar-refractivity contribution in [1.82, 2.24) is 9.97 Å². The maximum Gasteiger partial charge on any atom is 0.266 e. The largest absolute Gasteiger partial charge is 0.341 e. The lowest BCUT2D eigenvalue weighted by molar-refractivity contribution is -0.123. The molecule has 1 aromatic carbocycles. The quantitative estimate of drug-likeness (QED) is 0.380. The number of fused-ring (bicyclic) bond motifs is 1. The topological polar surface area (TPSA) is 78.1 Å². The SMILES string of the molecule is CN(C(=O)C1CCCCC1)c1ccc2cc(NC(=O)c3ccc(-c4ccncc4)s3)[nH]c2c1. The van der Waals surface area contributed by atoms with Crippen LogP contribution in [0.15, 0.2) is 60.9 Å². The predicted octanol–water partition coefficient (Wildman–Crippen LogP) is 6.09. The summed E-state index contributed by atoms with van der Waals surface area (Å²) in [5, 5.41) is 3.94. The second-order valence-electron chi connectivity index (χ2n) is 8.54. The molecular weight excluding hydrogens is 432 g/mol. The highest BCUT2D eigenvalue weighted by molar-refractivity contribution is 7.17. The van der Waals surface area contributed by atoms with E-state index in [0.717, 1.165) is 52.7 Å². The van der Waals surface area contributed by atoms with Gasteiger partial charge in [0.25, 0.3) is 5.91 Å². The standard InChI is InChI=1S/C26H26N4O2S/c1-30(26(32)18-5-3-2-4-6-18)20-8-7-19-15-24(28-21(19)16-20)29-25(31)23-10-9-22(33-23)17-11-13-27-14-12-17/h7-16,18,28H,2-6H2,1H3,(H,29,31). The van der Waals surface area contributed by atoms with Gasteiger partial charge in [-0.05, 0) is 60.9 Å². The third kappa shape index (κ3) is 4.54. The number of carbonyl (C=O) groups is 2. The van der Waals surface area contributed by atoms with Crippen molar-refractivity contribution in [3.8, 4) is 10.4 Å². The number of nitrogens with one attached hydrogen (secondary N) is 2. The number of aromatic nitrogens is 2. The van der Waals surface area contributed by atoms with Crippen molar-refractivity contribution in [3.05, 3.63) is 65.8 Å². The molecule has 2 amide bonds. The van der Waals surface area contributed by atoms with Gasteiger partial charge in [0.2, 0.25) is 5.91 Å². The van der Waals surface area contributed by atoms with Crippen LogP contribution in [0, 0.1) is 5.92 Å². The average molecular weight is 459 g/mol. The number of rotatable bonds is 5. The van der Waals surface area contributed by atoms with E-state index in [1.54, 1.807) is 17.3 Å². The Morgan fingerprint density at radius 2 is 1.82 bits per heavy atom. The minimum absolute atomic E-state index is 0.126. The van der Waals surface area contributed by atoms with Gasteiger partial charge in [0.1, 0.15) is 5.82 Å². The highest BCUT2D eigenvalue weighted by Gasteiger charge is 2.25. The van der Waals surface area contributed by atoms with Crippen molar-refractivity contribution >= 4 is 45.6 Å². The zero-order chi connectivity index (χ0) is 22.8. The number of carbonyl (C=O) groups excluding carboxylic acids is 2. The number of anilines is 2. The van der Waals surface area contributed by atoms with Crippen LogP contribution in [0.5, 0.6) is 0 Å². The van der Waals surface area contributed by atoms with E-state index in [4.69, 9.17) is 0 Å². The highest BCUT2D eigenvalue weighted by Crippen LogP contribution is 2.30. The Bertz CT molecular complexity index is 1290. The molecule has 1 fully saturated rings. The first-order valence-corrected chi connectivity index (χ1v) is 12.1. The first-order valence-electron chi connectivity index (χ1n) is 11.3. The monoisotopic (exact) mass is 458 g/mol. The molecule has 0 aliphatic heterocycles. The van der Waals surface area contributed by atoms with E-state index in [2.05, 4.69) is 15.3 Å². The minimum Gasteiger partial charge on any atom is -0.341 e. The van der Waals surface area contributed by atoms with Gasteiger partial charge in [-0.25, -0.2) is 0 Å². The molecule has 1 saturated carbocycles. The maximum atomic E-state index is 12.9. The van der Waals surface area contributed by atoms with E-state index in [1.807, 2.05) is 55.6 Å². The number of thiophene rings is 1. The number of aromatic amines is 1. The Morgan fingerprint density at radius 3 is 2.61 bits per heavy atom. The molecule has 3 aromatic heterocycles. The minimum atomic E-state index is -0.156. The maximum absolute atomic E-state index is 12.9. The van der Waals surface area contributed by atoms with Gasteiger partial charge >= 0.3 is 0 Å². The van der Waals surface area contributed by atoms with Gasteiger partial charge in [0.05, 0.1) is 4.88 Å². The number of H-pyrrole nitrogens is 1. The van der Waals surface area contributed by atoms with E-state index in [0.29, 0.717) is 10.7 Å². The molecule has 0 unspecified atom stereocenters. The number of nitrogens with zero attached hydrogens (tertiary/aromatic N) is 2.